The highest BCUT2D eigenvalue weighted by atomic mass is 19.1. The molecule has 0 fully saturated rings. The topological polar surface area (TPSA) is 41.0 Å². The third-order valence-electron chi connectivity index (χ3n) is 4.47. The summed E-state index contributed by atoms with van der Waals surface area (Å²) in [4.78, 5) is 11.7. The van der Waals surface area contributed by atoms with Crippen LogP contribution in [0.5, 0.6) is 0 Å². The molecule has 0 saturated heterocycles. The van der Waals surface area contributed by atoms with Crippen molar-refractivity contribution in [2.75, 3.05) is 29.9 Å². The third kappa shape index (κ3) is 5.03. The zero-order valence-electron chi connectivity index (χ0n) is 15.8. The standard InChI is InChI=1S/C22H25FN4/c1-3-27(4-2)21-16-20(24-15-14-17-10-12-19(23)13-11-17)25-22(26-21)18-8-6-5-7-9-18/h5-13,16H,3-4,14-15H2,1-2H3,(H,24,25,26). The van der Waals surface area contributed by atoms with Gasteiger partial charge in [-0.15, -0.1) is 0 Å². The molecule has 0 spiro atoms. The van der Waals surface area contributed by atoms with Crippen LogP contribution in [-0.4, -0.2) is 29.6 Å². The van der Waals surface area contributed by atoms with Crippen molar-refractivity contribution in [1.82, 2.24) is 9.97 Å². The molecule has 3 aromatic rings. The smallest absolute Gasteiger partial charge is 0.163 e. The van der Waals surface area contributed by atoms with Gasteiger partial charge in [0, 0.05) is 31.3 Å². The van der Waals surface area contributed by atoms with Crippen LogP contribution >= 0.6 is 0 Å². The van der Waals surface area contributed by atoms with Crippen LogP contribution < -0.4 is 10.2 Å². The molecule has 5 heteroatoms. The van der Waals surface area contributed by atoms with Gasteiger partial charge in [-0.2, -0.15) is 0 Å². The zero-order valence-corrected chi connectivity index (χ0v) is 15.8. The maximum atomic E-state index is 13.0. The van der Waals surface area contributed by atoms with Crippen molar-refractivity contribution in [1.29, 1.82) is 0 Å². The van der Waals surface area contributed by atoms with Gasteiger partial charge in [0.15, 0.2) is 5.82 Å². The number of aromatic nitrogens is 2. The van der Waals surface area contributed by atoms with Gasteiger partial charge in [0.1, 0.15) is 17.5 Å². The largest absolute Gasteiger partial charge is 0.370 e. The van der Waals surface area contributed by atoms with E-state index in [2.05, 4.69) is 24.1 Å². The minimum atomic E-state index is -0.209. The van der Waals surface area contributed by atoms with Crippen molar-refractivity contribution >= 4 is 11.6 Å². The van der Waals surface area contributed by atoms with Crippen LogP contribution in [0.1, 0.15) is 19.4 Å². The molecule has 0 saturated carbocycles. The highest BCUT2D eigenvalue weighted by molar-refractivity contribution is 5.61. The number of nitrogens with zero attached hydrogens (tertiary/aromatic N) is 3. The van der Waals surface area contributed by atoms with E-state index in [0.717, 1.165) is 42.3 Å². The molecule has 1 heterocycles. The number of benzene rings is 2. The average Bonchev–Trinajstić information content (AvgIpc) is 2.71. The predicted molar refractivity (Wildman–Crippen MR) is 110 cm³/mol. The van der Waals surface area contributed by atoms with Crippen LogP contribution in [0.4, 0.5) is 16.0 Å². The van der Waals surface area contributed by atoms with Gasteiger partial charge in [0.05, 0.1) is 0 Å². The molecule has 0 amide bonds. The van der Waals surface area contributed by atoms with Crippen LogP contribution in [-0.2, 0) is 6.42 Å². The highest BCUT2D eigenvalue weighted by Crippen LogP contribution is 2.22. The maximum absolute atomic E-state index is 13.0. The van der Waals surface area contributed by atoms with Crippen molar-refractivity contribution in [3.63, 3.8) is 0 Å². The van der Waals surface area contributed by atoms with E-state index in [4.69, 9.17) is 9.97 Å². The lowest BCUT2D eigenvalue weighted by atomic mass is 10.1. The molecule has 3 rings (SSSR count). The van der Waals surface area contributed by atoms with E-state index in [9.17, 15) is 4.39 Å². The average molecular weight is 364 g/mol. The lowest BCUT2D eigenvalue weighted by Gasteiger charge is -2.21. The number of hydrogen-bond donors (Lipinski definition) is 1. The van der Waals surface area contributed by atoms with Crippen molar-refractivity contribution in [2.45, 2.75) is 20.3 Å². The first-order valence-corrected chi connectivity index (χ1v) is 9.37. The van der Waals surface area contributed by atoms with Crippen molar-refractivity contribution < 1.29 is 4.39 Å². The Morgan fingerprint density at radius 2 is 1.63 bits per heavy atom. The minimum Gasteiger partial charge on any atom is -0.370 e. The van der Waals surface area contributed by atoms with Gasteiger partial charge >= 0.3 is 0 Å². The maximum Gasteiger partial charge on any atom is 0.163 e. The summed E-state index contributed by atoms with van der Waals surface area (Å²) in [6, 6.07) is 18.6. The molecular weight excluding hydrogens is 339 g/mol. The number of rotatable bonds is 8. The van der Waals surface area contributed by atoms with Crippen LogP contribution in [0, 0.1) is 5.82 Å². The molecule has 2 aromatic carbocycles. The molecule has 0 atom stereocenters. The molecule has 27 heavy (non-hydrogen) atoms. The first-order valence-electron chi connectivity index (χ1n) is 9.37. The quantitative estimate of drug-likeness (QED) is 0.624. The highest BCUT2D eigenvalue weighted by Gasteiger charge is 2.10. The Labute approximate surface area is 160 Å². The van der Waals surface area contributed by atoms with E-state index in [-0.39, 0.29) is 5.82 Å². The lowest BCUT2D eigenvalue weighted by molar-refractivity contribution is 0.627. The Morgan fingerprint density at radius 3 is 2.30 bits per heavy atom. The zero-order chi connectivity index (χ0) is 19.1. The van der Waals surface area contributed by atoms with Crippen LogP contribution in [0.15, 0.2) is 60.7 Å². The number of anilines is 2. The second-order valence-corrected chi connectivity index (χ2v) is 6.28. The van der Waals surface area contributed by atoms with Crippen molar-refractivity contribution in [3.8, 4) is 11.4 Å². The Kier molecular flexibility index (Phi) is 6.36. The van der Waals surface area contributed by atoms with Crippen LogP contribution in [0.3, 0.4) is 0 Å². The van der Waals surface area contributed by atoms with E-state index < -0.39 is 0 Å². The van der Waals surface area contributed by atoms with E-state index in [1.54, 1.807) is 0 Å². The Balaban J connectivity index is 1.80. The summed E-state index contributed by atoms with van der Waals surface area (Å²) in [6.45, 7) is 6.73. The monoisotopic (exact) mass is 364 g/mol. The number of nitrogens with one attached hydrogen (secondary N) is 1. The fraction of sp³-hybridized carbons (Fsp3) is 0.273. The first kappa shape index (κ1) is 18.8. The van der Waals surface area contributed by atoms with Gasteiger partial charge < -0.3 is 10.2 Å². The van der Waals surface area contributed by atoms with Crippen molar-refractivity contribution in [3.05, 3.63) is 72.0 Å². The fourth-order valence-electron chi connectivity index (χ4n) is 2.94. The Bertz CT molecular complexity index is 846. The molecule has 0 bridgehead atoms. The van der Waals surface area contributed by atoms with Crippen LogP contribution in [0.25, 0.3) is 11.4 Å². The molecular formula is C22H25FN4. The lowest BCUT2D eigenvalue weighted by Crippen LogP contribution is -2.23. The second kappa shape index (κ2) is 9.12. The summed E-state index contributed by atoms with van der Waals surface area (Å²) in [5.74, 6) is 2.22. The summed E-state index contributed by atoms with van der Waals surface area (Å²) in [7, 11) is 0. The molecule has 4 nitrogen and oxygen atoms in total. The molecule has 0 radical (unpaired) electrons. The van der Waals surface area contributed by atoms with E-state index in [1.165, 1.54) is 12.1 Å². The molecule has 0 aliphatic rings. The fourth-order valence-corrected chi connectivity index (χ4v) is 2.94. The van der Waals surface area contributed by atoms with E-state index in [1.807, 2.05) is 48.5 Å². The van der Waals surface area contributed by atoms with Gasteiger partial charge in [0.25, 0.3) is 0 Å². The minimum absolute atomic E-state index is 0.209. The summed E-state index contributed by atoms with van der Waals surface area (Å²) < 4.78 is 13.0. The second-order valence-electron chi connectivity index (χ2n) is 6.28. The molecule has 0 aliphatic heterocycles. The summed E-state index contributed by atoms with van der Waals surface area (Å²) in [6.07, 6.45) is 0.797. The summed E-state index contributed by atoms with van der Waals surface area (Å²) in [5, 5.41) is 3.39. The summed E-state index contributed by atoms with van der Waals surface area (Å²) in [5.41, 5.74) is 2.08. The molecule has 1 N–H and O–H groups in total. The van der Waals surface area contributed by atoms with E-state index in [0.29, 0.717) is 12.4 Å². The Morgan fingerprint density at radius 1 is 0.926 bits per heavy atom. The van der Waals surface area contributed by atoms with Gasteiger partial charge in [-0.05, 0) is 38.0 Å². The molecule has 0 aliphatic carbocycles. The molecule has 0 unspecified atom stereocenters. The SMILES string of the molecule is CCN(CC)c1cc(NCCc2ccc(F)cc2)nc(-c2ccccc2)n1. The van der Waals surface area contributed by atoms with Gasteiger partial charge in [-0.25, -0.2) is 14.4 Å². The van der Waals surface area contributed by atoms with Crippen molar-refractivity contribution in [2.24, 2.45) is 0 Å². The van der Waals surface area contributed by atoms with Gasteiger partial charge in [0.2, 0.25) is 0 Å². The summed E-state index contributed by atoms with van der Waals surface area (Å²) >= 11 is 0. The molecule has 140 valence electrons. The number of hydrogen-bond acceptors (Lipinski definition) is 4. The van der Waals surface area contributed by atoms with Crippen LogP contribution in [0.2, 0.25) is 0 Å². The number of halogens is 1. The van der Waals surface area contributed by atoms with E-state index >= 15 is 0 Å². The third-order valence-corrected chi connectivity index (χ3v) is 4.47. The first-order chi connectivity index (χ1) is 13.2. The normalized spacial score (nSPS) is 10.6. The predicted octanol–water partition coefficient (Wildman–Crippen LogP) is 4.78. The Hall–Kier alpha value is -2.95. The molecule has 1 aromatic heterocycles. The van der Waals surface area contributed by atoms with Gasteiger partial charge in [-0.3, -0.25) is 0 Å². The van der Waals surface area contributed by atoms with Gasteiger partial charge in [-0.1, -0.05) is 42.5 Å².